The van der Waals surface area contributed by atoms with Gasteiger partial charge in [-0.1, -0.05) is 36.4 Å². The van der Waals surface area contributed by atoms with Crippen molar-refractivity contribution in [1.29, 1.82) is 0 Å². The standard InChI is InChI=1S/C19H25NO6/c1-5-14(11-15(21)25-12-13-9-7-6-8-10-13)16(17(22)23)20-18(24)26-19(2,3)4/h5-10,14,16H,1,11-12H2,2-4H3,(H,20,24)(H,22,23)/t14?,16-/m0/s1. The molecule has 0 spiro atoms. The Kier molecular flexibility index (Phi) is 7.83. The monoisotopic (exact) mass is 363 g/mol. The third kappa shape index (κ3) is 7.83. The molecule has 1 rings (SSSR count). The molecule has 0 aromatic heterocycles. The lowest BCUT2D eigenvalue weighted by Crippen LogP contribution is -2.47. The van der Waals surface area contributed by atoms with Gasteiger partial charge in [-0.2, -0.15) is 0 Å². The maximum Gasteiger partial charge on any atom is 0.408 e. The summed E-state index contributed by atoms with van der Waals surface area (Å²) >= 11 is 0. The smallest absolute Gasteiger partial charge is 0.408 e. The number of carbonyl (C=O) groups is 3. The Labute approximate surface area is 153 Å². The van der Waals surface area contributed by atoms with Gasteiger partial charge in [-0.05, 0) is 26.3 Å². The van der Waals surface area contributed by atoms with E-state index in [1.165, 1.54) is 6.08 Å². The van der Waals surface area contributed by atoms with Crippen LogP contribution >= 0.6 is 0 Å². The van der Waals surface area contributed by atoms with Crippen molar-refractivity contribution < 1.29 is 29.0 Å². The number of nitrogens with one attached hydrogen (secondary N) is 1. The van der Waals surface area contributed by atoms with E-state index in [1.807, 2.05) is 30.3 Å². The van der Waals surface area contributed by atoms with Crippen LogP contribution < -0.4 is 5.32 Å². The fraction of sp³-hybridized carbons (Fsp3) is 0.421. The average Bonchev–Trinajstić information content (AvgIpc) is 2.55. The Bertz CT molecular complexity index is 635. The SMILES string of the molecule is C=CC(CC(=O)OCc1ccccc1)[C@H](NC(=O)OC(C)(C)C)C(=O)O. The Morgan fingerprint density at radius 3 is 2.35 bits per heavy atom. The third-order valence-corrected chi connectivity index (χ3v) is 3.31. The highest BCUT2D eigenvalue weighted by Crippen LogP contribution is 2.15. The lowest BCUT2D eigenvalue weighted by Gasteiger charge is -2.24. The number of hydrogen-bond acceptors (Lipinski definition) is 5. The van der Waals surface area contributed by atoms with E-state index in [2.05, 4.69) is 11.9 Å². The number of hydrogen-bond donors (Lipinski definition) is 2. The van der Waals surface area contributed by atoms with Crippen LogP contribution in [0.25, 0.3) is 0 Å². The highest BCUT2D eigenvalue weighted by molar-refractivity contribution is 5.81. The molecule has 0 fully saturated rings. The molecule has 0 heterocycles. The molecule has 0 saturated carbocycles. The van der Waals surface area contributed by atoms with E-state index < -0.39 is 35.6 Å². The van der Waals surface area contributed by atoms with Crippen molar-refractivity contribution in [2.24, 2.45) is 5.92 Å². The Balaban J connectivity index is 2.66. The second-order valence-electron chi connectivity index (χ2n) is 6.71. The van der Waals surface area contributed by atoms with Crippen molar-refractivity contribution in [2.75, 3.05) is 0 Å². The Morgan fingerprint density at radius 2 is 1.85 bits per heavy atom. The van der Waals surface area contributed by atoms with Gasteiger partial charge in [0.1, 0.15) is 18.2 Å². The minimum Gasteiger partial charge on any atom is -0.480 e. The number of benzene rings is 1. The summed E-state index contributed by atoms with van der Waals surface area (Å²) in [6.45, 7) is 8.62. The molecule has 2 N–H and O–H groups in total. The van der Waals surface area contributed by atoms with E-state index in [9.17, 15) is 19.5 Å². The first-order valence-corrected chi connectivity index (χ1v) is 8.17. The molecule has 0 bridgehead atoms. The molecule has 1 aromatic carbocycles. The molecule has 1 aromatic rings. The summed E-state index contributed by atoms with van der Waals surface area (Å²) in [5.74, 6) is -2.73. The second-order valence-corrected chi connectivity index (χ2v) is 6.71. The van der Waals surface area contributed by atoms with E-state index in [-0.39, 0.29) is 13.0 Å². The lowest BCUT2D eigenvalue weighted by atomic mass is 9.96. The molecule has 0 aliphatic carbocycles. The van der Waals surface area contributed by atoms with E-state index in [4.69, 9.17) is 9.47 Å². The summed E-state index contributed by atoms with van der Waals surface area (Å²) in [4.78, 5) is 35.4. The van der Waals surface area contributed by atoms with Crippen LogP contribution in [-0.4, -0.2) is 34.8 Å². The van der Waals surface area contributed by atoms with Crippen LogP contribution in [0.3, 0.4) is 0 Å². The number of alkyl carbamates (subject to hydrolysis) is 1. The second kappa shape index (κ2) is 9.60. The number of ether oxygens (including phenoxy) is 2. The minimum absolute atomic E-state index is 0.0841. The van der Waals surface area contributed by atoms with Crippen LogP contribution in [0.5, 0.6) is 0 Å². The maximum absolute atomic E-state index is 12.0. The average molecular weight is 363 g/mol. The molecule has 0 aliphatic rings. The first kappa shape index (κ1) is 21.2. The van der Waals surface area contributed by atoms with E-state index in [0.717, 1.165) is 5.56 Å². The number of rotatable bonds is 8. The zero-order chi connectivity index (χ0) is 19.7. The fourth-order valence-electron chi connectivity index (χ4n) is 2.11. The minimum atomic E-state index is -1.35. The van der Waals surface area contributed by atoms with Gasteiger partial charge in [0.05, 0.1) is 6.42 Å². The molecule has 1 amide bonds. The Hall–Kier alpha value is -2.83. The summed E-state index contributed by atoms with van der Waals surface area (Å²) in [5.41, 5.74) is 0.0449. The summed E-state index contributed by atoms with van der Waals surface area (Å²) in [6, 6.07) is 7.75. The number of carboxylic acids is 1. The lowest BCUT2D eigenvalue weighted by molar-refractivity contribution is -0.147. The molecule has 7 nitrogen and oxygen atoms in total. The molecular weight excluding hydrogens is 338 g/mol. The molecule has 0 aliphatic heterocycles. The van der Waals surface area contributed by atoms with Crippen molar-refractivity contribution in [3.63, 3.8) is 0 Å². The van der Waals surface area contributed by atoms with Gasteiger partial charge in [0, 0.05) is 5.92 Å². The molecule has 2 atom stereocenters. The number of esters is 1. The van der Waals surface area contributed by atoms with Crippen molar-refractivity contribution in [1.82, 2.24) is 5.32 Å². The predicted molar refractivity (Wildman–Crippen MR) is 95.3 cm³/mol. The maximum atomic E-state index is 12.0. The molecular formula is C19H25NO6. The molecule has 142 valence electrons. The summed E-state index contributed by atoms with van der Waals surface area (Å²) in [6.07, 6.45) is 0.192. The number of aliphatic carboxylic acids is 1. The zero-order valence-electron chi connectivity index (χ0n) is 15.2. The highest BCUT2D eigenvalue weighted by atomic mass is 16.6. The van der Waals surface area contributed by atoms with Crippen LogP contribution in [0, 0.1) is 5.92 Å². The van der Waals surface area contributed by atoms with Gasteiger partial charge < -0.3 is 19.9 Å². The first-order valence-electron chi connectivity index (χ1n) is 8.17. The highest BCUT2D eigenvalue weighted by Gasteiger charge is 2.31. The van der Waals surface area contributed by atoms with Crippen molar-refractivity contribution in [2.45, 2.75) is 45.4 Å². The molecule has 0 saturated heterocycles. The van der Waals surface area contributed by atoms with E-state index >= 15 is 0 Å². The number of carboxylic acid groups (broad SMARTS) is 1. The van der Waals surface area contributed by atoms with Gasteiger partial charge >= 0.3 is 18.0 Å². The van der Waals surface area contributed by atoms with Crippen LogP contribution in [0.2, 0.25) is 0 Å². The normalized spacial score (nSPS) is 13.2. The summed E-state index contributed by atoms with van der Waals surface area (Å²) in [5, 5.41) is 11.6. The van der Waals surface area contributed by atoms with Gasteiger partial charge in [-0.25, -0.2) is 9.59 Å². The summed E-state index contributed by atoms with van der Waals surface area (Å²) in [7, 11) is 0. The van der Waals surface area contributed by atoms with Gasteiger partial charge in [-0.15, -0.1) is 6.58 Å². The van der Waals surface area contributed by atoms with Gasteiger partial charge in [0.2, 0.25) is 0 Å². The van der Waals surface area contributed by atoms with Crippen molar-refractivity contribution in [3.05, 3.63) is 48.6 Å². The van der Waals surface area contributed by atoms with Crippen molar-refractivity contribution >= 4 is 18.0 Å². The van der Waals surface area contributed by atoms with Crippen LogP contribution in [0.4, 0.5) is 4.79 Å². The van der Waals surface area contributed by atoms with E-state index in [0.29, 0.717) is 0 Å². The van der Waals surface area contributed by atoms with Crippen LogP contribution in [0.15, 0.2) is 43.0 Å². The van der Waals surface area contributed by atoms with Gasteiger partial charge in [-0.3, -0.25) is 4.79 Å². The largest absolute Gasteiger partial charge is 0.480 e. The third-order valence-electron chi connectivity index (χ3n) is 3.31. The number of carbonyl (C=O) groups excluding carboxylic acids is 2. The van der Waals surface area contributed by atoms with Crippen molar-refractivity contribution in [3.8, 4) is 0 Å². The summed E-state index contributed by atoms with van der Waals surface area (Å²) < 4.78 is 10.2. The molecule has 26 heavy (non-hydrogen) atoms. The van der Waals surface area contributed by atoms with Gasteiger partial charge in [0.15, 0.2) is 0 Å². The van der Waals surface area contributed by atoms with Crippen LogP contribution in [-0.2, 0) is 25.7 Å². The first-order chi connectivity index (χ1) is 12.1. The van der Waals surface area contributed by atoms with E-state index in [1.54, 1.807) is 20.8 Å². The quantitative estimate of drug-likeness (QED) is 0.544. The topological polar surface area (TPSA) is 102 Å². The molecule has 0 radical (unpaired) electrons. The predicted octanol–water partition coefficient (Wildman–Crippen LogP) is 2.90. The molecule has 7 heteroatoms. The van der Waals surface area contributed by atoms with Crippen LogP contribution in [0.1, 0.15) is 32.8 Å². The number of amides is 1. The zero-order valence-corrected chi connectivity index (χ0v) is 15.2. The molecule has 1 unspecified atom stereocenters. The fourth-order valence-corrected chi connectivity index (χ4v) is 2.11. The van der Waals surface area contributed by atoms with Gasteiger partial charge in [0.25, 0.3) is 0 Å². The Morgan fingerprint density at radius 1 is 1.23 bits per heavy atom.